The molecule has 16 aromatic carbocycles. The van der Waals surface area contributed by atoms with Gasteiger partial charge in [0.25, 0.3) is 0 Å². The van der Waals surface area contributed by atoms with Gasteiger partial charge in [-0.15, -0.1) is 0 Å². The van der Waals surface area contributed by atoms with Crippen LogP contribution in [-0.2, 0) is 21.7 Å². The van der Waals surface area contributed by atoms with Crippen molar-refractivity contribution in [3.05, 3.63) is 439 Å². The Morgan fingerprint density at radius 1 is 0.168 bits per heavy atom. The molecule has 1 aliphatic heterocycles. The van der Waals surface area contributed by atoms with Gasteiger partial charge >= 0.3 is 0 Å². The third-order valence-electron chi connectivity index (χ3n) is 26.3. The Kier molecular flexibility index (Phi) is 16.3. The highest BCUT2D eigenvalue weighted by Crippen LogP contribution is 2.46. The first kappa shape index (κ1) is 69.5. The first-order valence-corrected chi connectivity index (χ1v) is 44.0. The highest BCUT2D eigenvalue weighted by Gasteiger charge is 2.56. The molecule has 0 saturated carbocycles. The summed E-state index contributed by atoms with van der Waals surface area (Å²) in [4.78, 5) is 0. The number of rotatable bonds is 15. The van der Waals surface area contributed by atoms with Crippen molar-refractivity contribution in [1.82, 2.24) is 13.7 Å². The Labute approximate surface area is 665 Å². The van der Waals surface area contributed by atoms with Crippen molar-refractivity contribution in [2.45, 2.75) is 77.0 Å². The van der Waals surface area contributed by atoms with Crippen LogP contribution in [0.15, 0.2) is 394 Å². The van der Waals surface area contributed by atoms with Gasteiger partial charge in [0.2, 0.25) is 0 Å². The molecule has 3 aromatic heterocycles. The van der Waals surface area contributed by atoms with E-state index >= 15 is 0 Å². The van der Waals surface area contributed by atoms with Gasteiger partial charge in [-0.25, -0.2) is 0 Å². The number of hydrogen-bond donors (Lipinski definition) is 0. The average molecular weight is 1490 g/mol. The molecule has 3 nitrogen and oxygen atoms in total. The molecule has 0 saturated heterocycles. The predicted octanol–water partition coefficient (Wildman–Crippen LogP) is 21.3. The van der Waals surface area contributed by atoms with Crippen LogP contribution in [0, 0.1) is 0 Å². The van der Waals surface area contributed by atoms with Crippen LogP contribution in [0.3, 0.4) is 0 Å². The van der Waals surface area contributed by atoms with Crippen LogP contribution in [0.1, 0.15) is 99.9 Å². The molecule has 0 spiro atoms. The van der Waals surface area contributed by atoms with Crippen molar-refractivity contribution in [1.29, 1.82) is 0 Å². The van der Waals surface area contributed by atoms with E-state index in [9.17, 15) is 0 Å². The van der Waals surface area contributed by atoms with E-state index in [4.69, 9.17) is 0 Å². The van der Waals surface area contributed by atoms with Crippen molar-refractivity contribution in [2.24, 2.45) is 0 Å². The third-order valence-corrected chi connectivity index (χ3v) is 36.5. The zero-order valence-corrected chi connectivity index (χ0v) is 67.4. The Morgan fingerprint density at radius 3 is 0.655 bits per heavy atom. The Bertz CT molecular complexity index is 6300. The number of benzene rings is 16. The minimum atomic E-state index is -3.23. The SMILES string of the molecule is CC(C)(c1ccccc1)c1ccc2c(c1)c1cc(C(C)(C)c3ccccc3)ccc1n2-c1ccc2c(c1)c1cc(-n3c4ccc(C(C)(C)c5ccccc5)cc4c4cc(C(C)(C)c5ccccc5)ccc43)ccc1n2-c1cccc([Si]2(c3ccccc3)c3ccccc3[Si](c3ccccc3)(c3ccccc3)c3ccccc32)c1. The van der Waals surface area contributed by atoms with E-state index in [1.807, 2.05) is 0 Å². The Balaban J connectivity index is 0.851. The van der Waals surface area contributed by atoms with Gasteiger partial charge in [0.1, 0.15) is 0 Å². The lowest BCUT2D eigenvalue weighted by molar-refractivity contribution is 0.641. The van der Waals surface area contributed by atoms with Gasteiger partial charge in [-0.05, 0) is 183 Å². The van der Waals surface area contributed by atoms with Crippen molar-refractivity contribution in [3.8, 4) is 17.1 Å². The van der Waals surface area contributed by atoms with Gasteiger partial charge in [0, 0.05) is 71.0 Å². The molecule has 1 aliphatic rings. The standard InChI is InChI=1S/C108H89N3Si2/c1-105(2,74-35-16-9-17-36-74)78-55-61-95-89(67-78)90-68-79(106(3,4)75-37-18-10-19-38-75)56-62-96(90)110(95)83-59-65-99-93(72-83)94-73-84(111-97-63-57-80(107(5,6)76-39-20-11-21-40-76)69-91(97)92-70-81(58-64-98(92)111)108(7,8)77-41-22-12-23-42-77)60-66-100(94)109(99)82-43-34-50-88(71-82)113(87-48-28-15-29-49-87)103-53-32-30-51-101(103)112(85-44-24-13-25-45-85,86-46-26-14-27-47-86)102-52-31-33-54-104(102)113/h9-73H,1-8H3. The number of fused-ring (bicyclic) bond motifs is 11. The summed E-state index contributed by atoms with van der Waals surface area (Å²) in [6.45, 7) is 19.0. The Morgan fingerprint density at radius 2 is 0.381 bits per heavy atom. The number of aromatic nitrogens is 3. The zero-order chi connectivity index (χ0) is 76.6. The van der Waals surface area contributed by atoms with E-state index in [1.165, 1.54) is 140 Å². The monoisotopic (exact) mass is 1480 g/mol. The molecule has 19 aromatic rings. The molecule has 0 amide bonds. The molecule has 0 fully saturated rings. The summed E-state index contributed by atoms with van der Waals surface area (Å²) in [6.07, 6.45) is 0. The Hall–Kier alpha value is -12.6. The molecule has 0 bridgehead atoms. The predicted molar refractivity (Wildman–Crippen MR) is 485 cm³/mol. The summed E-state index contributed by atoms with van der Waals surface area (Å²) in [5.74, 6) is 0. The van der Waals surface area contributed by atoms with E-state index in [0.717, 1.165) is 28.1 Å². The molecular formula is C108H89N3Si2. The maximum atomic E-state index is 2.60. The summed E-state index contributed by atoms with van der Waals surface area (Å²) >= 11 is 0. The van der Waals surface area contributed by atoms with Gasteiger partial charge in [-0.1, -0.05) is 353 Å². The maximum absolute atomic E-state index is 3.23. The lowest BCUT2D eigenvalue weighted by Gasteiger charge is -2.48. The second-order valence-corrected chi connectivity index (χ2v) is 41.0. The molecule has 0 atom stereocenters. The quantitative estimate of drug-likeness (QED) is 0.0909. The maximum Gasteiger partial charge on any atom is 0.179 e. The van der Waals surface area contributed by atoms with E-state index in [-0.39, 0.29) is 21.7 Å². The summed E-state index contributed by atoms with van der Waals surface area (Å²) in [5, 5.41) is 18.6. The summed E-state index contributed by atoms with van der Waals surface area (Å²) < 4.78 is 7.69. The fourth-order valence-electron chi connectivity index (χ4n) is 19.9. The molecule has 0 N–H and O–H groups in total. The highest BCUT2D eigenvalue weighted by molar-refractivity contribution is 7.33. The normalized spacial score (nSPS) is 13.6. The molecule has 5 heteroatoms. The van der Waals surface area contributed by atoms with Crippen molar-refractivity contribution >= 4 is 123 Å². The molecule has 544 valence electrons. The van der Waals surface area contributed by atoms with E-state index < -0.39 is 16.1 Å². The minimum Gasteiger partial charge on any atom is -0.309 e. The smallest absolute Gasteiger partial charge is 0.179 e. The summed E-state index contributed by atoms with van der Waals surface area (Å²) in [6, 6.07) is 151. The van der Waals surface area contributed by atoms with Crippen LogP contribution >= 0.6 is 0 Å². The van der Waals surface area contributed by atoms with Gasteiger partial charge < -0.3 is 13.7 Å². The minimum absolute atomic E-state index is 0.261. The largest absolute Gasteiger partial charge is 0.309 e. The van der Waals surface area contributed by atoms with Crippen molar-refractivity contribution in [3.63, 3.8) is 0 Å². The van der Waals surface area contributed by atoms with Crippen LogP contribution in [0.5, 0.6) is 0 Å². The summed E-state index contributed by atoms with van der Waals surface area (Å²) in [5.41, 5.74) is 19.5. The van der Waals surface area contributed by atoms with Crippen LogP contribution in [0.2, 0.25) is 0 Å². The van der Waals surface area contributed by atoms with Gasteiger partial charge in [-0.2, -0.15) is 0 Å². The fraction of sp³-hybridized carbons (Fsp3) is 0.111. The lowest BCUT2D eigenvalue weighted by atomic mass is 9.77. The van der Waals surface area contributed by atoms with Crippen LogP contribution in [0.4, 0.5) is 0 Å². The van der Waals surface area contributed by atoms with Gasteiger partial charge in [0.15, 0.2) is 16.1 Å². The molecular weight excluding hydrogens is 1400 g/mol. The molecule has 113 heavy (non-hydrogen) atoms. The lowest BCUT2D eigenvalue weighted by Crippen LogP contribution is -2.93. The average Bonchev–Trinajstić information content (AvgIpc) is 1.41. The second kappa shape index (κ2) is 26.5. The van der Waals surface area contributed by atoms with E-state index in [0.29, 0.717) is 0 Å². The number of nitrogens with zero attached hydrogens (tertiary/aromatic N) is 3. The topological polar surface area (TPSA) is 14.8 Å². The van der Waals surface area contributed by atoms with Gasteiger partial charge in [-0.3, -0.25) is 0 Å². The summed E-state index contributed by atoms with van der Waals surface area (Å²) in [7, 11) is -6.21. The third kappa shape index (κ3) is 10.6. The van der Waals surface area contributed by atoms with E-state index in [2.05, 4.69) is 463 Å². The molecule has 0 radical (unpaired) electrons. The first-order valence-electron chi connectivity index (χ1n) is 40.0. The second-order valence-electron chi connectivity index (χ2n) is 33.5. The molecule has 0 aliphatic carbocycles. The fourth-order valence-corrected chi connectivity index (χ4v) is 32.0. The first-order chi connectivity index (χ1) is 55.1. The van der Waals surface area contributed by atoms with Crippen LogP contribution in [-0.4, -0.2) is 29.8 Å². The van der Waals surface area contributed by atoms with Crippen LogP contribution < -0.4 is 41.5 Å². The van der Waals surface area contributed by atoms with Gasteiger partial charge in [0.05, 0.1) is 33.1 Å². The zero-order valence-electron chi connectivity index (χ0n) is 65.4. The number of hydrogen-bond acceptors (Lipinski definition) is 0. The van der Waals surface area contributed by atoms with E-state index in [1.54, 1.807) is 0 Å². The molecule has 4 heterocycles. The highest BCUT2D eigenvalue weighted by atomic mass is 28.3. The van der Waals surface area contributed by atoms with Crippen molar-refractivity contribution < 1.29 is 0 Å². The van der Waals surface area contributed by atoms with Crippen LogP contribution in [0.25, 0.3) is 82.5 Å². The molecule has 20 rings (SSSR count). The molecule has 0 unspecified atom stereocenters. The van der Waals surface area contributed by atoms with Crippen molar-refractivity contribution in [2.75, 3.05) is 0 Å².